The summed E-state index contributed by atoms with van der Waals surface area (Å²) < 4.78 is 16.4. The zero-order valence-corrected chi connectivity index (χ0v) is 42.3. The zero-order chi connectivity index (χ0) is 50.7. The Morgan fingerprint density at radius 3 is 1.19 bits per heavy atom. The van der Waals surface area contributed by atoms with Gasteiger partial charge >= 0.3 is 0 Å². The molecule has 0 unspecified atom stereocenters. The van der Waals surface area contributed by atoms with Crippen LogP contribution in [0.2, 0.25) is 0 Å². The molecule has 354 valence electrons. The minimum atomic E-state index is 0.246. The Labute approximate surface area is 431 Å². The van der Waals surface area contributed by atoms with E-state index in [0.717, 1.165) is 148 Å². The second kappa shape index (κ2) is 15.4. The summed E-state index contributed by atoms with van der Waals surface area (Å²) in [5.41, 5.74) is 19.1. The highest BCUT2D eigenvalue weighted by Crippen LogP contribution is 2.53. The molecule has 75 heavy (non-hydrogen) atoms. The molecule has 0 atom stereocenters. The van der Waals surface area contributed by atoms with E-state index in [1.807, 2.05) is 18.2 Å². The highest BCUT2D eigenvalue weighted by molar-refractivity contribution is 6.23. The predicted molar refractivity (Wildman–Crippen MR) is 310 cm³/mol. The Bertz CT molecular complexity index is 4990. The average Bonchev–Trinajstić information content (AvgIpc) is 4.33. The summed E-state index contributed by atoms with van der Waals surface area (Å²) in [5, 5.41) is 22.9. The van der Waals surface area contributed by atoms with Gasteiger partial charge in [0.05, 0.1) is 85.1 Å². The van der Waals surface area contributed by atoms with Crippen molar-refractivity contribution in [2.24, 2.45) is 0 Å². The fourth-order valence-electron chi connectivity index (χ4n) is 12.7. The van der Waals surface area contributed by atoms with Gasteiger partial charge < -0.3 is 22.7 Å². The molecule has 5 aromatic heterocycles. The van der Waals surface area contributed by atoms with Gasteiger partial charge in [-0.25, -0.2) is 4.85 Å². The second-order valence-corrected chi connectivity index (χ2v) is 20.8. The third-order valence-electron chi connectivity index (χ3n) is 15.9. The quantitative estimate of drug-likeness (QED) is 0.165. The van der Waals surface area contributed by atoms with Crippen molar-refractivity contribution < 1.29 is 4.42 Å². The maximum absolute atomic E-state index is 12.4. The Kier molecular flexibility index (Phi) is 8.77. The molecule has 5 heterocycles. The van der Waals surface area contributed by atoms with Crippen molar-refractivity contribution in [3.63, 3.8) is 0 Å². The smallest absolute Gasteiger partial charge is 0.232 e. The van der Waals surface area contributed by atoms with E-state index in [0.29, 0.717) is 17.0 Å². The van der Waals surface area contributed by atoms with Crippen LogP contribution >= 0.6 is 0 Å². The van der Waals surface area contributed by atoms with Crippen molar-refractivity contribution in [2.45, 2.75) is 41.5 Å². The van der Waals surface area contributed by atoms with Crippen LogP contribution in [0.1, 0.15) is 38.9 Å². The van der Waals surface area contributed by atoms with Gasteiger partial charge in [0.25, 0.3) is 0 Å². The van der Waals surface area contributed by atoms with E-state index in [9.17, 15) is 11.8 Å². The monoisotopic (exact) mass is 962 g/mol. The first-order valence-corrected chi connectivity index (χ1v) is 25.5. The topological polar surface area (TPSA) is 61.0 Å². The minimum absolute atomic E-state index is 0.246. The van der Waals surface area contributed by atoms with Crippen LogP contribution in [-0.4, -0.2) is 18.3 Å². The van der Waals surface area contributed by atoms with Crippen LogP contribution in [0.4, 0.5) is 5.69 Å². The van der Waals surface area contributed by atoms with Crippen LogP contribution in [0, 0.1) is 59.4 Å². The zero-order valence-electron chi connectivity index (χ0n) is 42.3. The van der Waals surface area contributed by atoms with Crippen LogP contribution in [-0.2, 0) is 0 Å². The molecule has 0 aliphatic rings. The third-order valence-corrected chi connectivity index (χ3v) is 15.9. The molecule has 7 nitrogen and oxygen atoms in total. The number of nitrogens with zero attached hydrogens (tertiary/aromatic N) is 6. The minimum Gasteiger partial charge on any atom is -0.454 e. The van der Waals surface area contributed by atoms with E-state index in [-0.39, 0.29) is 11.3 Å². The van der Waals surface area contributed by atoms with E-state index in [1.165, 1.54) is 0 Å². The van der Waals surface area contributed by atoms with Crippen molar-refractivity contribution in [3.05, 3.63) is 220 Å². The average molecular weight is 963 g/mol. The van der Waals surface area contributed by atoms with E-state index in [2.05, 4.69) is 222 Å². The van der Waals surface area contributed by atoms with E-state index < -0.39 is 0 Å². The molecule has 0 saturated heterocycles. The summed E-state index contributed by atoms with van der Waals surface area (Å²) >= 11 is 0. The van der Waals surface area contributed by atoms with E-state index in [1.54, 1.807) is 0 Å². The van der Waals surface area contributed by atoms with Gasteiger partial charge in [-0.1, -0.05) is 112 Å². The second-order valence-electron chi connectivity index (χ2n) is 20.8. The summed E-state index contributed by atoms with van der Waals surface area (Å²) in [6.45, 7) is 22.5. The fourth-order valence-corrected chi connectivity index (χ4v) is 12.7. The number of hydrogen-bond donors (Lipinski definition) is 0. The largest absolute Gasteiger partial charge is 0.454 e. The summed E-state index contributed by atoms with van der Waals surface area (Å²) in [4.78, 5) is 4.65. The number of furan rings is 1. The first kappa shape index (κ1) is 42.8. The Hall–Kier alpha value is -9.82. The number of rotatable bonds is 4. The lowest BCUT2D eigenvalue weighted by Gasteiger charge is -2.28. The normalized spacial score (nSPS) is 12.1. The number of aromatic nitrogens is 4. The SMILES string of the molecule is [C-]#[N+]c1c(C#N)c(-n2c3ccccc3c3ccc4c5ccccc5oc4c32)c(-n2c3ccc(C)cc3c3cc(C)ccc32)c(-n2c3ccc(C)cc3c3cc(C)ccc32)c1-n1c2ccc(C)cc2c2cc(C)ccc21. The van der Waals surface area contributed by atoms with Crippen LogP contribution in [0.3, 0.4) is 0 Å². The summed E-state index contributed by atoms with van der Waals surface area (Å²) in [5.74, 6) is 0. The molecule has 0 aliphatic carbocycles. The van der Waals surface area contributed by atoms with Gasteiger partial charge in [-0.3, -0.25) is 0 Å². The lowest BCUT2D eigenvalue weighted by atomic mass is 10.0. The number of aryl methyl sites for hydroxylation is 6. The fraction of sp³-hybridized carbons (Fsp3) is 0.0882. The highest BCUT2D eigenvalue weighted by atomic mass is 16.3. The summed E-state index contributed by atoms with van der Waals surface area (Å²) in [7, 11) is 0. The van der Waals surface area contributed by atoms with Crippen LogP contribution in [0.5, 0.6) is 0 Å². The molecule has 0 fully saturated rings. The predicted octanol–water partition coefficient (Wildman–Crippen LogP) is 18.2. The first-order valence-electron chi connectivity index (χ1n) is 25.5. The lowest BCUT2D eigenvalue weighted by Crippen LogP contribution is -2.15. The standard InChI is InChI=1S/C68H46N6O/c1-37-16-24-55-47(30-37)48-31-38(2)17-25-56(48)71(55)65-62(70-7)53(36-69)63(74-54-14-10-8-12-43(54)45-22-23-46-44-13-9-11-15-61(44)75-68(46)64(45)74)66(72-57-26-18-39(3)32-49(57)50-33-40(4)19-27-58(50)72)67(65)73-59-28-20-41(5)34-51(59)52-35-42(6)21-29-60(52)73/h8-35H,1-6H3. The van der Waals surface area contributed by atoms with Crippen molar-refractivity contribution in [2.75, 3.05) is 0 Å². The van der Waals surface area contributed by atoms with E-state index in [4.69, 9.17) is 4.42 Å². The molecule has 7 heteroatoms. The summed E-state index contributed by atoms with van der Waals surface area (Å²) in [6.07, 6.45) is 0. The number of nitriles is 1. The molecule has 0 N–H and O–H groups in total. The molecule has 0 amide bonds. The first-order chi connectivity index (χ1) is 36.6. The number of fused-ring (bicyclic) bond motifs is 16. The van der Waals surface area contributed by atoms with Gasteiger partial charge in [0, 0.05) is 53.9 Å². The van der Waals surface area contributed by atoms with Crippen molar-refractivity contribution >= 4 is 115 Å². The third kappa shape index (κ3) is 5.78. The Balaban J connectivity index is 1.31. The molecule has 0 spiro atoms. The van der Waals surface area contributed by atoms with Gasteiger partial charge in [0.2, 0.25) is 5.69 Å². The van der Waals surface area contributed by atoms with Gasteiger partial charge in [-0.15, -0.1) is 0 Å². The maximum Gasteiger partial charge on any atom is 0.232 e. The molecule has 10 aromatic carbocycles. The molecule has 15 rings (SSSR count). The van der Waals surface area contributed by atoms with Crippen LogP contribution in [0.25, 0.3) is 137 Å². The van der Waals surface area contributed by atoms with Crippen LogP contribution < -0.4 is 0 Å². The molecular weight excluding hydrogens is 917 g/mol. The number of benzene rings is 10. The Morgan fingerprint density at radius 1 is 0.373 bits per heavy atom. The molecule has 15 aromatic rings. The highest BCUT2D eigenvalue weighted by Gasteiger charge is 2.35. The van der Waals surface area contributed by atoms with Crippen molar-refractivity contribution in [1.82, 2.24) is 18.3 Å². The van der Waals surface area contributed by atoms with Gasteiger partial charge in [-0.2, -0.15) is 5.26 Å². The van der Waals surface area contributed by atoms with Crippen LogP contribution in [0.15, 0.2) is 174 Å². The maximum atomic E-state index is 12.4. The lowest BCUT2D eigenvalue weighted by molar-refractivity contribution is 0.671. The van der Waals surface area contributed by atoms with Gasteiger partial charge in [0.15, 0.2) is 5.58 Å². The number of hydrogen-bond acceptors (Lipinski definition) is 2. The molecular formula is C68H46N6O. The molecule has 0 aliphatic heterocycles. The molecule has 0 saturated carbocycles. The number of para-hydroxylation sites is 2. The van der Waals surface area contributed by atoms with Crippen molar-refractivity contribution in [3.8, 4) is 28.8 Å². The molecule has 0 bridgehead atoms. The van der Waals surface area contributed by atoms with Gasteiger partial charge in [-0.05, 0) is 133 Å². The summed E-state index contributed by atoms with van der Waals surface area (Å²) in [6, 6.07) is 63.8. The van der Waals surface area contributed by atoms with Crippen molar-refractivity contribution in [1.29, 1.82) is 5.26 Å². The Morgan fingerprint density at radius 2 is 0.747 bits per heavy atom. The van der Waals surface area contributed by atoms with E-state index >= 15 is 0 Å². The van der Waals surface area contributed by atoms with Gasteiger partial charge in [0.1, 0.15) is 5.58 Å². The molecule has 0 radical (unpaired) electrons.